The number of benzene rings is 1. The molecule has 0 radical (unpaired) electrons. The highest BCUT2D eigenvalue weighted by molar-refractivity contribution is 5.98. The predicted molar refractivity (Wildman–Crippen MR) is 129 cm³/mol. The minimum atomic E-state index is -0.925. The highest BCUT2D eigenvalue weighted by atomic mass is 19.1. The van der Waals surface area contributed by atoms with Gasteiger partial charge in [-0.15, -0.1) is 0 Å². The zero-order chi connectivity index (χ0) is 25.1. The molecule has 1 aromatic heterocycles. The van der Waals surface area contributed by atoms with Crippen LogP contribution in [0.3, 0.4) is 0 Å². The first-order valence-corrected chi connectivity index (χ1v) is 12.1. The van der Waals surface area contributed by atoms with Crippen molar-refractivity contribution in [2.45, 2.75) is 45.6 Å². The van der Waals surface area contributed by atoms with Crippen molar-refractivity contribution in [3.8, 4) is 5.75 Å². The van der Waals surface area contributed by atoms with Crippen LogP contribution in [-0.4, -0.2) is 68.0 Å². The molecule has 2 aromatic rings. The second-order valence-corrected chi connectivity index (χ2v) is 9.18. The third-order valence-electron chi connectivity index (χ3n) is 6.58. The first-order valence-electron chi connectivity index (χ1n) is 12.1. The molecule has 0 bridgehead atoms. The first-order chi connectivity index (χ1) is 16.8. The van der Waals surface area contributed by atoms with Crippen LogP contribution in [0.25, 0.3) is 10.9 Å². The van der Waals surface area contributed by atoms with E-state index in [9.17, 15) is 14.4 Å². The van der Waals surface area contributed by atoms with E-state index in [0.717, 1.165) is 25.9 Å². The Morgan fingerprint density at radius 3 is 2.63 bits per heavy atom. The Balaban J connectivity index is 1.63. The molecule has 4 rings (SSSR count). The smallest absolute Gasteiger partial charge is 0.346 e. The number of unbranched alkanes of at least 4 members (excludes halogenated alkanes) is 2. The molecule has 0 N–H and O–H groups in total. The second-order valence-electron chi connectivity index (χ2n) is 9.18. The van der Waals surface area contributed by atoms with Gasteiger partial charge in [-0.1, -0.05) is 19.8 Å². The summed E-state index contributed by atoms with van der Waals surface area (Å²) in [6.07, 6.45) is 4.24. The number of ether oxygens (including phenoxy) is 3. The Morgan fingerprint density at radius 2 is 1.91 bits per heavy atom. The molecule has 9 nitrogen and oxygen atoms in total. The molecule has 0 saturated carbocycles. The van der Waals surface area contributed by atoms with Crippen molar-refractivity contribution in [2.75, 3.05) is 51.5 Å². The van der Waals surface area contributed by atoms with Crippen LogP contribution < -0.4 is 15.1 Å². The van der Waals surface area contributed by atoms with Gasteiger partial charge < -0.3 is 28.6 Å². The quantitative estimate of drug-likeness (QED) is 0.318. The van der Waals surface area contributed by atoms with Crippen molar-refractivity contribution in [2.24, 2.45) is 0 Å². The van der Waals surface area contributed by atoms with Crippen LogP contribution >= 0.6 is 0 Å². The Morgan fingerprint density at radius 1 is 1.17 bits per heavy atom. The van der Waals surface area contributed by atoms with Gasteiger partial charge >= 0.3 is 11.9 Å². The molecule has 0 spiro atoms. The lowest BCUT2D eigenvalue weighted by molar-refractivity contribution is -0.152. The fourth-order valence-electron chi connectivity index (χ4n) is 4.50. The molecule has 1 atom stereocenters. The average Bonchev–Trinajstić information content (AvgIpc) is 2.83. The highest BCUT2D eigenvalue weighted by Gasteiger charge is 2.31. The molecule has 1 aromatic carbocycles. The minimum absolute atomic E-state index is 0.0490. The van der Waals surface area contributed by atoms with E-state index in [1.54, 1.807) is 4.57 Å². The molecular formula is C25H32FN3O6. The number of esters is 2. The summed E-state index contributed by atoms with van der Waals surface area (Å²) in [6, 6.07) is 0.983. The molecule has 10 heteroatoms. The molecule has 1 saturated heterocycles. The van der Waals surface area contributed by atoms with E-state index in [-0.39, 0.29) is 30.0 Å². The van der Waals surface area contributed by atoms with Crippen molar-refractivity contribution in [3.63, 3.8) is 0 Å². The number of hydrogen-bond acceptors (Lipinski definition) is 8. The van der Waals surface area contributed by atoms with Gasteiger partial charge in [0, 0.05) is 38.8 Å². The van der Waals surface area contributed by atoms with Gasteiger partial charge in [0.2, 0.25) is 12.2 Å². The number of aromatic nitrogens is 1. The van der Waals surface area contributed by atoms with Crippen molar-refractivity contribution in [1.29, 1.82) is 0 Å². The maximum absolute atomic E-state index is 15.4. The Labute approximate surface area is 203 Å². The standard InChI is InChI=1S/C25H32FN3O6/c1-4-5-6-7-20(30)34-15-35-25(32)18-13-29-16(2)14-33-24-21(29)17(23(18)31)12-19(26)22(24)28-10-8-27(3)9-11-28/h12-13,16H,4-11,14-15H2,1-3H3/t16-/m0/s1. The third kappa shape index (κ3) is 5.12. The number of halogens is 1. The van der Waals surface area contributed by atoms with E-state index in [1.165, 1.54) is 12.3 Å². The van der Waals surface area contributed by atoms with Crippen molar-refractivity contribution in [3.05, 3.63) is 33.9 Å². The lowest BCUT2D eigenvalue weighted by atomic mass is 10.1. The number of likely N-dealkylation sites (N-methyl/N-ethyl adjacent to an activating group) is 1. The first kappa shape index (κ1) is 25.0. The van der Waals surface area contributed by atoms with E-state index in [4.69, 9.17) is 14.2 Å². The Kier molecular flexibility index (Phi) is 7.59. The summed E-state index contributed by atoms with van der Waals surface area (Å²) in [7, 11) is 2.02. The Hall–Kier alpha value is -3.14. The van der Waals surface area contributed by atoms with E-state index in [1.807, 2.05) is 25.8 Å². The molecule has 190 valence electrons. The van der Waals surface area contributed by atoms with E-state index < -0.39 is 30.0 Å². The lowest BCUT2D eigenvalue weighted by Crippen LogP contribution is -2.45. The molecule has 3 heterocycles. The van der Waals surface area contributed by atoms with Crippen LogP contribution in [0, 0.1) is 5.82 Å². The largest absolute Gasteiger partial charge is 0.487 e. The van der Waals surface area contributed by atoms with Crippen LogP contribution in [0.4, 0.5) is 10.1 Å². The SMILES string of the molecule is CCCCCC(=O)OCOC(=O)c1cn2c3c(c(N4CCN(C)CC4)c(F)cc3c1=O)OC[C@@H]2C. The van der Waals surface area contributed by atoms with Gasteiger partial charge in [0.15, 0.2) is 11.6 Å². The topological polar surface area (TPSA) is 90.3 Å². The maximum Gasteiger partial charge on any atom is 0.346 e. The summed E-state index contributed by atoms with van der Waals surface area (Å²) in [5.41, 5.74) is -0.0942. The second kappa shape index (κ2) is 10.6. The minimum Gasteiger partial charge on any atom is -0.487 e. The summed E-state index contributed by atoms with van der Waals surface area (Å²) in [4.78, 5) is 41.8. The molecular weight excluding hydrogens is 457 g/mol. The number of pyridine rings is 1. The monoisotopic (exact) mass is 489 g/mol. The average molecular weight is 490 g/mol. The summed E-state index contributed by atoms with van der Waals surface area (Å²) in [5, 5.41) is 0.0490. The van der Waals surface area contributed by atoms with E-state index in [0.29, 0.717) is 36.5 Å². The predicted octanol–water partition coefficient (Wildman–Crippen LogP) is 3.08. The number of hydrogen-bond donors (Lipinski definition) is 0. The number of carbonyl (C=O) groups excluding carboxylic acids is 2. The van der Waals surface area contributed by atoms with Gasteiger partial charge in [0.25, 0.3) is 0 Å². The van der Waals surface area contributed by atoms with Crippen molar-refractivity contribution >= 4 is 28.5 Å². The van der Waals surface area contributed by atoms with Crippen LogP contribution in [0.1, 0.15) is 55.9 Å². The number of nitrogens with zero attached hydrogens (tertiary/aromatic N) is 3. The molecule has 0 unspecified atom stereocenters. The normalized spacial score (nSPS) is 17.8. The zero-order valence-electron chi connectivity index (χ0n) is 20.5. The van der Waals surface area contributed by atoms with Gasteiger partial charge in [-0.05, 0) is 26.5 Å². The number of piperazine rings is 1. The summed E-state index contributed by atoms with van der Waals surface area (Å²) < 4.78 is 33.1. The van der Waals surface area contributed by atoms with Crippen molar-refractivity contribution < 1.29 is 28.2 Å². The van der Waals surface area contributed by atoms with Gasteiger partial charge in [-0.3, -0.25) is 9.59 Å². The summed E-state index contributed by atoms with van der Waals surface area (Å²) >= 11 is 0. The molecule has 0 amide bonds. The molecule has 2 aliphatic heterocycles. The van der Waals surface area contributed by atoms with Crippen molar-refractivity contribution in [1.82, 2.24) is 9.47 Å². The van der Waals surface area contributed by atoms with Crippen LogP contribution in [0.5, 0.6) is 5.75 Å². The Bertz CT molecular complexity index is 1170. The van der Waals surface area contributed by atoms with Crippen LogP contribution in [0.15, 0.2) is 17.1 Å². The van der Waals surface area contributed by atoms with E-state index >= 15 is 4.39 Å². The lowest BCUT2D eigenvalue weighted by Gasteiger charge is -2.37. The molecule has 35 heavy (non-hydrogen) atoms. The number of carbonyl (C=O) groups is 2. The highest BCUT2D eigenvalue weighted by Crippen LogP contribution is 2.42. The van der Waals surface area contributed by atoms with Gasteiger partial charge in [-0.2, -0.15) is 0 Å². The molecule has 2 aliphatic rings. The van der Waals surface area contributed by atoms with Gasteiger partial charge in [0.05, 0.1) is 16.9 Å². The third-order valence-corrected chi connectivity index (χ3v) is 6.58. The number of rotatable bonds is 8. The van der Waals surface area contributed by atoms with Gasteiger partial charge in [0.1, 0.15) is 17.9 Å². The molecule has 0 aliphatic carbocycles. The summed E-state index contributed by atoms with van der Waals surface area (Å²) in [5.74, 6) is -1.64. The fourth-order valence-corrected chi connectivity index (χ4v) is 4.50. The zero-order valence-corrected chi connectivity index (χ0v) is 20.5. The maximum atomic E-state index is 15.4. The molecule has 1 fully saturated rings. The fraction of sp³-hybridized carbons (Fsp3) is 0.560. The van der Waals surface area contributed by atoms with Crippen LogP contribution in [0.2, 0.25) is 0 Å². The van der Waals surface area contributed by atoms with E-state index in [2.05, 4.69) is 4.90 Å². The summed E-state index contributed by atoms with van der Waals surface area (Å²) in [6.45, 7) is 6.44. The number of anilines is 1. The van der Waals surface area contributed by atoms with Crippen LogP contribution in [-0.2, 0) is 14.3 Å². The van der Waals surface area contributed by atoms with Gasteiger partial charge in [-0.25, -0.2) is 9.18 Å².